The molecule has 46 heavy (non-hydrogen) atoms. The highest BCUT2D eigenvalue weighted by molar-refractivity contribution is 5.94. The molecular weight excluding hydrogens is 588 g/mol. The van der Waals surface area contributed by atoms with Gasteiger partial charge < -0.3 is 24.4 Å². The highest BCUT2D eigenvalue weighted by Crippen LogP contribution is 2.49. The van der Waals surface area contributed by atoms with Crippen LogP contribution < -0.4 is 0 Å². The fourth-order valence-electron chi connectivity index (χ4n) is 7.64. The second-order valence-corrected chi connectivity index (χ2v) is 15.3. The number of likely N-dealkylation sites (tertiary alicyclic amines) is 1. The van der Waals surface area contributed by atoms with Crippen LogP contribution in [0.4, 0.5) is 4.79 Å². The molecule has 1 aromatic rings. The molecule has 4 heterocycles. The topological polar surface area (TPSA) is 120 Å². The van der Waals surface area contributed by atoms with Crippen LogP contribution in [0.2, 0.25) is 0 Å². The number of carbonyl (C=O) groups excluding carboxylic acids is 3. The number of hydrogen-bond acceptors (Lipinski definition) is 7. The van der Waals surface area contributed by atoms with Crippen molar-refractivity contribution < 1.29 is 33.8 Å². The van der Waals surface area contributed by atoms with E-state index in [1.165, 1.54) is 0 Å². The molecule has 0 aromatic heterocycles. The van der Waals surface area contributed by atoms with Crippen LogP contribution in [0.5, 0.6) is 0 Å². The van der Waals surface area contributed by atoms with E-state index >= 15 is 0 Å². The molecular formula is C35H50N4O7. The summed E-state index contributed by atoms with van der Waals surface area (Å²) in [4.78, 5) is 59.3. The van der Waals surface area contributed by atoms with Crippen molar-refractivity contribution in [2.75, 3.05) is 59.0 Å². The number of carbonyl (C=O) groups is 4. The number of ether oxygens (including phenoxy) is 2. The molecule has 6 aliphatic rings. The number of fused-ring (bicyclic) bond motifs is 3. The first kappa shape index (κ1) is 32.7. The normalized spacial score (nSPS) is 28.5. The molecule has 1 N–H and O–H groups in total. The van der Waals surface area contributed by atoms with Crippen molar-refractivity contribution in [3.05, 3.63) is 35.4 Å². The van der Waals surface area contributed by atoms with Gasteiger partial charge >= 0.3 is 12.1 Å². The number of piperidine rings is 1. The number of hydrogen-bond donors (Lipinski definition) is 1. The number of carboxylic acid groups (broad SMARTS) is 1. The van der Waals surface area contributed by atoms with Crippen LogP contribution in [0, 0.1) is 5.41 Å². The van der Waals surface area contributed by atoms with Gasteiger partial charge in [-0.1, -0.05) is 12.1 Å². The first-order valence-corrected chi connectivity index (χ1v) is 17.1. The number of aliphatic carboxylic acids is 1. The summed E-state index contributed by atoms with van der Waals surface area (Å²) in [7, 11) is 0. The summed E-state index contributed by atoms with van der Waals surface area (Å²) in [5, 5.41) is 9.65. The Morgan fingerprint density at radius 1 is 0.978 bits per heavy atom. The number of nitrogens with zero attached hydrogens (tertiary/aromatic N) is 4. The summed E-state index contributed by atoms with van der Waals surface area (Å²) < 4.78 is 11.8. The molecule has 1 atom stereocenters. The van der Waals surface area contributed by atoms with Crippen LogP contribution in [-0.4, -0.2) is 125 Å². The Labute approximate surface area is 272 Å². The van der Waals surface area contributed by atoms with Crippen molar-refractivity contribution in [1.82, 2.24) is 19.6 Å². The maximum atomic E-state index is 13.6. The monoisotopic (exact) mass is 638 g/mol. The SMILES string of the molecule is CC(C)(C)OC(=O)N(CC(=O)N1CCCC(c2cccc(C(=O)N3CCN(CC45CCC(C(=O)O)(CC4)CO5)CC3)c2)C1)C1CC1. The molecule has 4 aliphatic heterocycles. The van der Waals surface area contributed by atoms with Crippen molar-refractivity contribution >= 4 is 23.9 Å². The highest BCUT2D eigenvalue weighted by atomic mass is 16.6. The third-order valence-electron chi connectivity index (χ3n) is 10.7. The van der Waals surface area contributed by atoms with E-state index in [2.05, 4.69) is 11.0 Å². The third kappa shape index (κ3) is 7.20. The smallest absolute Gasteiger partial charge is 0.411 e. The van der Waals surface area contributed by atoms with Gasteiger partial charge in [-0.2, -0.15) is 0 Å². The Morgan fingerprint density at radius 2 is 1.70 bits per heavy atom. The van der Waals surface area contributed by atoms with E-state index in [0.29, 0.717) is 51.2 Å². The second kappa shape index (κ2) is 12.8. The zero-order valence-corrected chi connectivity index (χ0v) is 27.7. The van der Waals surface area contributed by atoms with Gasteiger partial charge in [-0.3, -0.25) is 24.2 Å². The second-order valence-electron chi connectivity index (χ2n) is 15.3. The standard InChI is InChI=1S/C35H50N4O7/c1-33(2,3)46-32(44)39(28-9-10-28)22-29(40)38-15-5-8-27(21-38)25-6-4-7-26(20-25)30(41)37-18-16-36(17-19-37)23-35-13-11-34(12-14-35,24-45-35)31(42)43/h4,6-7,20,27-28H,5,8-19,21-24H2,1-3H3,(H,42,43). The Hall–Kier alpha value is -3.18. The van der Waals surface area contributed by atoms with E-state index in [9.17, 15) is 24.3 Å². The number of amides is 3. The summed E-state index contributed by atoms with van der Waals surface area (Å²) in [6, 6.07) is 7.94. The van der Waals surface area contributed by atoms with Crippen LogP contribution in [0.25, 0.3) is 0 Å². The lowest BCUT2D eigenvalue weighted by Gasteiger charge is -2.53. The van der Waals surface area contributed by atoms with E-state index in [-0.39, 0.29) is 35.9 Å². The fourth-order valence-corrected chi connectivity index (χ4v) is 7.64. The van der Waals surface area contributed by atoms with Crippen molar-refractivity contribution in [3.8, 4) is 0 Å². The van der Waals surface area contributed by atoms with Gasteiger partial charge in [-0.25, -0.2) is 4.79 Å². The summed E-state index contributed by atoms with van der Waals surface area (Å²) in [5.41, 5.74) is 0.157. The molecule has 1 unspecified atom stereocenters. The van der Waals surface area contributed by atoms with Gasteiger partial charge in [0.15, 0.2) is 0 Å². The van der Waals surface area contributed by atoms with Gasteiger partial charge in [-0.15, -0.1) is 0 Å². The lowest BCUT2D eigenvalue weighted by molar-refractivity contribution is -0.206. The number of benzene rings is 1. The zero-order chi connectivity index (χ0) is 32.7. The highest BCUT2D eigenvalue weighted by Gasteiger charge is 2.54. The molecule has 4 saturated heterocycles. The van der Waals surface area contributed by atoms with Crippen LogP contribution in [0.1, 0.15) is 94.0 Å². The van der Waals surface area contributed by atoms with Gasteiger partial charge in [-0.05, 0) is 89.8 Å². The minimum Gasteiger partial charge on any atom is -0.481 e. The molecule has 1 aromatic carbocycles. The lowest BCUT2D eigenvalue weighted by atomic mass is 9.66. The van der Waals surface area contributed by atoms with Gasteiger partial charge in [0.25, 0.3) is 5.91 Å². The van der Waals surface area contributed by atoms with Crippen LogP contribution in [0.15, 0.2) is 24.3 Å². The van der Waals surface area contributed by atoms with Gasteiger partial charge in [0, 0.05) is 63.3 Å². The molecule has 6 fully saturated rings. The molecule has 2 saturated carbocycles. The van der Waals surface area contributed by atoms with Gasteiger partial charge in [0.1, 0.15) is 12.1 Å². The minimum atomic E-state index is -0.734. The Kier molecular flexibility index (Phi) is 9.10. The van der Waals surface area contributed by atoms with Crippen LogP contribution in [-0.2, 0) is 19.1 Å². The molecule has 0 spiro atoms. The maximum Gasteiger partial charge on any atom is 0.411 e. The summed E-state index contributed by atoms with van der Waals surface area (Å²) in [6.07, 6.45) is 6.09. The molecule has 2 bridgehead atoms. The molecule has 11 heteroatoms. The average molecular weight is 639 g/mol. The average Bonchev–Trinajstić information content (AvgIpc) is 3.89. The van der Waals surface area contributed by atoms with E-state index < -0.39 is 23.1 Å². The van der Waals surface area contributed by atoms with Crippen molar-refractivity contribution in [3.63, 3.8) is 0 Å². The summed E-state index contributed by atoms with van der Waals surface area (Å²) >= 11 is 0. The third-order valence-corrected chi connectivity index (χ3v) is 10.7. The van der Waals surface area contributed by atoms with E-state index in [1.807, 2.05) is 48.8 Å². The Morgan fingerprint density at radius 3 is 2.30 bits per heavy atom. The predicted octanol–water partition coefficient (Wildman–Crippen LogP) is 3.96. The molecule has 7 rings (SSSR count). The van der Waals surface area contributed by atoms with Crippen molar-refractivity contribution in [2.24, 2.45) is 5.41 Å². The first-order valence-electron chi connectivity index (χ1n) is 17.1. The number of piperazine rings is 1. The number of rotatable bonds is 8. The first-order chi connectivity index (χ1) is 21.9. The number of carboxylic acids is 1. The molecule has 252 valence electrons. The van der Waals surface area contributed by atoms with Crippen molar-refractivity contribution in [1.29, 1.82) is 0 Å². The molecule has 2 aliphatic carbocycles. The summed E-state index contributed by atoms with van der Waals surface area (Å²) in [5.74, 6) is -0.635. The minimum absolute atomic E-state index is 0.0265. The van der Waals surface area contributed by atoms with Gasteiger partial charge in [0.05, 0.1) is 17.6 Å². The Bertz CT molecular complexity index is 1310. The van der Waals surface area contributed by atoms with E-state index in [1.54, 1.807) is 4.90 Å². The van der Waals surface area contributed by atoms with Crippen LogP contribution in [0.3, 0.4) is 0 Å². The molecule has 11 nitrogen and oxygen atoms in total. The van der Waals surface area contributed by atoms with E-state index in [4.69, 9.17) is 9.47 Å². The van der Waals surface area contributed by atoms with Gasteiger partial charge in [0.2, 0.25) is 5.91 Å². The largest absolute Gasteiger partial charge is 0.481 e. The van der Waals surface area contributed by atoms with E-state index in [0.717, 1.165) is 63.7 Å². The van der Waals surface area contributed by atoms with Crippen molar-refractivity contribution in [2.45, 2.75) is 95.3 Å². The molecule has 3 amide bonds. The lowest BCUT2D eigenvalue weighted by Crippen LogP contribution is -2.60. The summed E-state index contributed by atoms with van der Waals surface area (Å²) in [6.45, 7) is 10.7. The quantitative estimate of drug-likeness (QED) is 0.455. The Balaban J connectivity index is 1.01. The molecule has 0 radical (unpaired) electrons. The maximum absolute atomic E-state index is 13.6. The fraction of sp³-hybridized carbons (Fsp3) is 0.714. The zero-order valence-electron chi connectivity index (χ0n) is 27.7. The van der Waals surface area contributed by atoms with Crippen LogP contribution >= 0.6 is 0 Å². The predicted molar refractivity (Wildman–Crippen MR) is 171 cm³/mol.